The molecule has 1 aliphatic heterocycles. The smallest absolute Gasteiger partial charge is 0.254 e. The first kappa shape index (κ1) is 18.5. The predicted molar refractivity (Wildman–Crippen MR) is 111 cm³/mol. The highest BCUT2D eigenvalue weighted by molar-refractivity contribution is 5.98. The number of fused-ring (bicyclic) bond motifs is 1. The maximum absolute atomic E-state index is 13.3. The molecule has 0 bridgehead atoms. The van der Waals surface area contributed by atoms with Gasteiger partial charge in [-0.05, 0) is 66.4 Å². The number of rotatable bonds is 3. The molecule has 5 nitrogen and oxygen atoms in total. The average Bonchev–Trinajstić information content (AvgIpc) is 3.29. The van der Waals surface area contributed by atoms with Crippen molar-refractivity contribution in [1.82, 2.24) is 15.0 Å². The van der Waals surface area contributed by atoms with E-state index in [2.05, 4.69) is 10.1 Å². The number of hydrogen-bond acceptors (Lipinski definition) is 4. The van der Waals surface area contributed by atoms with E-state index < -0.39 is 0 Å². The molecule has 0 radical (unpaired) electrons. The van der Waals surface area contributed by atoms with Crippen LogP contribution in [0.25, 0.3) is 22.2 Å². The molecule has 1 amide bonds. The van der Waals surface area contributed by atoms with Gasteiger partial charge in [0, 0.05) is 17.7 Å². The second-order valence-corrected chi connectivity index (χ2v) is 7.54. The van der Waals surface area contributed by atoms with Crippen molar-refractivity contribution in [3.8, 4) is 11.4 Å². The Kier molecular flexibility index (Phi) is 4.75. The Morgan fingerprint density at radius 3 is 2.63 bits per heavy atom. The Labute approximate surface area is 173 Å². The topological polar surface area (TPSA) is 59.2 Å². The lowest BCUT2D eigenvalue weighted by Crippen LogP contribution is -2.38. The zero-order valence-electron chi connectivity index (χ0n) is 16.3. The molecule has 1 atom stereocenters. The molecule has 1 aromatic heterocycles. The second kappa shape index (κ2) is 7.71. The molecule has 3 aromatic carbocycles. The molecule has 30 heavy (non-hydrogen) atoms. The molecule has 0 saturated carbocycles. The first-order valence-corrected chi connectivity index (χ1v) is 10.1. The minimum absolute atomic E-state index is 0.0352. The standard InChI is InChI=1S/C24H20FN3O2/c25-20-12-10-17(11-13-20)22-26-23(30-27-22)21-7-3-4-14-28(21)24(29)19-9-8-16-5-1-2-6-18(16)15-19/h1-2,5-6,8-13,15,21H,3-4,7,14H2/t21-/m1/s1. The number of benzene rings is 3. The molecule has 0 aliphatic carbocycles. The fourth-order valence-corrected chi connectivity index (χ4v) is 4.01. The zero-order valence-corrected chi connectivity index (χ0v) is 16.3. The summed E-state index contributed by atoms with van der Waals surface area (Å²) in [6, 6.07) is 19.5. The number of piperidine rings is 1. The number of amides is 1. The van der Waals surface area contributed by atoms with Gasteiger partial charge in [0.05, 0.1) is 0 Å². The lowest BCUT2D eigenvalue weighted by Gasteiger charge is -2.33. The SMILES string of the molecule is O=C(c1ccc2ccccc2c1)N1CCCC[C@@H]1c1nc(-c2ccc(F)cc2)no1. The summed E-state index contributed by atoms with van der Waals surface area (Å²) in [5.74, 6) is 0.464. The van der Waals surface area contributed by atoms with Crippen LogP contribution in [0.15, 0.2) is 71.3 Å². The molecule has 1 fully saturated rings. The van der Waals surface area contributed by atoms with Crippen molar-refractivity contribution in [3.63, 3.8) is 0 Å². The molecule has 0 N–H and O–H groups in total. The largest absolute Gasteiger partial charge is 0.337 e. The van der Waals surface area contributed by atoms with Gasteiger partial charge in [0.15, 0.2) is 0 Å². The molecule has 5 rings (SSSR count). The summed E-state index contributed by atoms with van der Waals surface area (Å²) in [6.45, 7) is 0.643. The summed E-state index contributed by atoms with van der Waals surface area (Å²) in [7, 11) is 0. The van der Waals surface area contributed by atoms with Crippen molar-refractivity contribution >= 4 is 16.7 Å². The van der Waals surface area contributed by atoms with E-state index in [0.29, 0.717) is 29.4 Å². The van der Waals surface area contributed by atoms with Gasteiger partial charge in [0.1, 0.15) is 11.9 Å². The highest BCUT2D eigenvalue weighted by atomic mass is 19.1. The Bertz CT molecular complexity index is 1200. The maximum atomic E-state index is 13.3. The van der Waals surface area contributed by atoms with Crippen LogP contribution in [0.4, 0.5) is 4.39 Å². The number of likely N-dealkylation sites (tertiary alicyclic amines) is 1. The summed E-state index contributed by atoms with van der Waals surface area (Å²) in [5, 5.41) is 6.19. The van der Waals surface area contributed by atoms with Gasteiger partial charge < -0.3 is 9.42 Å². The molecule has 0 spiro atoms. The predicted octanol–water partition coefficient (Wildman–Crippen LogP) is 5.40. The molecule has 2 heterocycles. The van der Waals surface area contributed by atoms with Crippen molar-refractivity contribution in [2.24, 2.45) is 0 Å². The third-order valence-electron chi connectivity index (χ3n) is 5.59. The molecule has 4 aromatic rings. The summed E-state index contributed by atoms with van der Waals surface area (Å²) in [6.07, 6.45) is 2.69. The Hall–Kier alpha value is -3.54. The summed E-state index contributed by atoms with van der Waals surface area (Å²) >= 11 is 0. The van der Waals surface area contributed by atoms with Crippen LogP contribution in [-0.2, 0) is 0 Å². The normalized spacial score (nSPS) is 16.7. The number of carbonyl (C=O) groups is 1. The third kappa shape index (κ3) is 3.45. The van der Waals surface area contributed by atoms with E-state index in [1.165, 1.54) is 12.1 Å². The van der Waals surface area contributed by atoms with Crippen molar-refractivity contribution in [2.75, 3.05) is 6.54 Å². The highest BCUT2D eigenvalue weighted by Gasteiger charge is 2.32. The molecule has 6 heteroatoms. The summed E-state index contributed by atoms with van der Waals surface area (Å²) < 4.78 is 18.7. The summed E-state index contributed by atoms with van der Waals surface area (Å²) in [4.78, 5) is 19.7. The Balaban J connectivity index is 1.44. The quantitative estimate of drug-likeness (QED) is 0.461. The van der Waals surface area contributed by atoms with Gasteiger partial charge in [0.2, 0.25) is 11.7 Å². The van der Waals surface area contributed by atoms with E-state index in [9.17, 15) is 9.18 Å². The van der Waals surface area contributed by atoms with Crippen LogP contribution in [0.1, 0.15) is 41.6 Å². The van der Waals surface area contributed by atoms with Crippen molar-refractivity contribution in [2.45, 2.75) is 25.3 Å². The number of nitrogens with zero attached hydrogens (tertiary/aromatic N) is 3. The van der Waals surface area contributed by atoms with Gasteiger partial charge in [-0.3, -0.25) is 4.79 Å². The molecule has 150 valence electrons. The number of carbonyl (C=O) groups excluding carboxylic acids is 1. The van der Waals surface area contributed by atoms with Gasteiger partial charge in [-0.2, -0.15) is 4.98 Å². The van der Waals surface area contributed by atoms with E-state index in [-0.39, 0.29) is 17.8 Å². The van der Waals surface area contributed by atoms with Crippen molar-refractivity contribution < 1.29 is 13.7 Å². The minimum Gasteiger partial charge on any atom is -0.337 e. The average molecular weight is 401 g/mol. The molecule has 1 aliphatic rings. The molecular formula is C24H20FN3O2. The van der Waals surface area contributed by atoms with E-state index in [4.69, 9.17) is 4.52 Å². The number of hydrogen-bond donors (Lipinski definition) is 0. The lowest BCUT2D eigenvalue weighted by atomic mass is 9.99. The maximum Gasteiger partial charge on any atom is 0.254 e. The van der Waals surface area contributed by atoms with Gasteiger partial charge in [-0.15, -0.1) is 0 Å². The lowest BCUT2D eigenvalue weighted by molar-refractivity contribution is 0.0561. The van der Waals surface area contributed by atoms with E-state index in [1.807, 2.05) is 47.4 Å². The van der Waals surface area contributed by atoms with Gasteiger partial charge >= 0.3 is 0 Å². The zero-order chi connectivity index (χ0) is 20.5. The van der Waals surface area contributed by atoms with Crippen LogP contribution in [0.3, 0.4) is 0 Å². The van der Waals surface area contributed by atoms with Crippen molar-refractivity contribution in [1.29, 1.82) is 0 Å². The van der Waals surface area contributed by atoms with Crippen LogP contribution in [0.5, 0.6) is 0 Å². The van der Waals surface area contributed by atoms with Crippen molar-refractivity contribution in [3.05, 3.63) is 84.0 Å². The first-order valence-electron chi connectivity index (χ1n) is 10.1. The van der Waals surface area contributed by atoms with Gasteiger partial charge in [-0.1, -0.05) is 35.5 Å². The minimum atomic E-state index is -0.318. The fraction of sp³-hybridized carbons (Fsp3) is 0.208. The Morgan fingerprint density at radius 2 is 1.80 bits per heavy atom. The monoisotopic (exact) mass is 401 g/mol. The van der Waals surface area contributed by atoms with E-state index in [1.54, 1.807) is 12.1 Å². The van der Waals surface area contributed by atoms with Crippen LogP contribution in [-0.4, -0.2) is 27.5 Å². The number of aromatic nitrogens is 2. The van der Waals surface area contributed by atoms with Gasteiger partial charge in [-0.25, -0.2) is 4.39 Å². The third-order valence-corrected chi connectivity index (χ3v) is 5.59. The fourth-order valence-electron chi connectivity index (χ4n) is 4.01. The summed E-state index contributed by atoms with van der Waals surface area (Å²) in [5.41, 5.74) is 1.33. The Morgan fingerprint density at radius 1 is 1.00 bits per heavy atom. The first-order chi connectivity index (χ1) is 14.7. The van der Waals surface area contributed by atoms with Crippen LogP contribution >= 0.6 is 0 Å². The van der Waals surface area contributed by atoms with E-state index >= 15 is 0 Å². The van der Waals surface area contributed by atoms with Crippen LogP contribution < -0.4 is 0 Å². The molecule has 0 unspecified atom stereocenters. The van der Waals surface area contributed by atoms with Crippen LogP contribution in [0, 0.1) is 5.82 Å². The number of halogens is 1. The molecule has 1 saturated heterocycles. The van der Waals surface area contributed by atoms with Gasteiger partial charge in [0.25, 0.3) is 5.91 Å². The van der Waals surface area contributed by atoms with E-state index in [0.717, 1.165) is 30.0 Å². The second-order valence-electron chi connectivity index (χ2n) is 7.54. The highest BCUT2D eigenvalue weighted by Crippen LogP contribution is 2.32. The molecular weight excluding hydrogens is 381 g/mol. The van der Waals surface area contributed by atoms with Crippen LogP contribution in [0.2, 0.25) is 0 Å².